The van der Waals surface area contributed by atoms with Crippen LogP contribution in [0.1, 0.15) is 11.1 Å². The molecule has 0 unspecified atom stereocenters. The summed E-state index contributed by atoms with van der Waals surface area (Å²) in [6.45, 7) is 3.75. The van der Waals surface area contributed by atoms with Crippen LogP contribution in [0.15, 0.2) is 23.6 Å². The maximum atomic E-state index is 12.3. The number of fused-ring (bicyclic) bond motifs is 1. The summed E-state index contributed by atoms with van der Waals surface area (Å²) in [4.78, 5) is 16.2. The van der Waals surface area contributed by atoms with E-state index in [0.717, 1.165) is 18.7 Å². The summed E-state index contributed by atoms with van der Waals surface area (Å²) in [6.07, 6.45) is 0.493. The van der Waals surface area contributed by atoms with Crippen molar-refractivity contribution in [2.75, 3.05) is 34.2 Å². The Kier molecular flexibility index (Phi) is 4.78. The Hall–Kier alpha value is -1.39. The van der Waals surface area contributed by atoms with Gasteiger partial charge in [-0.1, -0.05) is 17.7 Å². The first kappa shape index (κ1) is 15.0. The number of hydrogen-bond donors (Lipinski definition) is 0. The Morgan fingerprint density at radius 3 is 2.65 bits per heavy atom. The highest BCUT2D eigenvalue weighted by Crippen LogP contribution is 2.27. The topological polar surface area (TPSA) is 23.6 Å². The lowest BCUT2D eigenvalue weighted by Crippen LogP contribution is -2.34. The summed E-state index contributed by atoms with van der Waals surface area (Å²) in [5.74, 6) is 0.188. The molecular weight excluding hydrogens is 268 g/mol. The van der Waals surface area contributed by atoms with E-state index >= 15 is 0 Å². The fourth-order valence-electron chi connectivity index (χ4n) is 2.11. The predicted molar refractivity (Wildman–Crippen MR) is 86.5 cm³/mol. The van der Waals surface area contributed by atoms with Crippen molar-refractivity contribution < 1.29 is 4.79 Å². The molecule has 1 heterocycles. The zero-order chi connectivity index (χ0) is 14.7. The molecule has 1 aromatic carbocycles. The van der Waals surface area contributed by atoms with E-state index in [2.05, 4.69) is 35.4 Å². The van der Waals surface area contributed by atoms with Gasteiger partial charge in [-0.3, -0.25) is 4.79 Å². The van der Waals surface area contributed by atoms with Gasteiger partial charge in [0.05, 0.1) is 6.42 Å². The normalized spacial score (nSPS) is 11.2. The van der Waals surface area contributed by atoms with Crippen molar-refractivity contribution in [3.8, 4) is 0 Å². The molecule has 2 aromatic rings. The highest BCUT2D eigenvalue weighted by Gasteiger charge is 2.13. The Balaban J connectivity index is 2.08. The van der Waals surface area contributed by atoms with Gasteiger partial charge in [0, 0.05) is 24.8 Å². The van der Waals surface area contributed by atoms with Crippen LogP contribution in [0.2, 0.25) is 0 Å². The molecule has 20 heavy (non-hydrogen) atoms. The summed E-state index contributed by atoms with van der Waals surface area (Å²) in [7, 11) is 5.92. The summed E-state index contributed by atoms with van der Waals surface area (Å²) in [5, 5.41) is 3.34. The Morgan fingerprint density at radius 2 is 1.95 bits per heavy atom. The smallest absolute Gasteiger partial charge is 0.226 e. The van der Waals surface area contributed by atoms with E-state index in [4.69, 9.17) is 0 Å². The van der Waals surface area contributed by atoms with E-state index < -0.39 is 0 Å². The number of rotatable bonds is 5. The lowest BCUT2D eigenvalue weighted by atomic mass is 10.1. The van der Waals surface area contributed by atoms with Gasteiger partial charge in [0.25, 0.3) is 0 Å². The maximum absolute atomic E-state index is 12.3. The number of hydrogen-bond acceptors (Lipinski definition) is 3. The Morgan fingerprint density at radius 1 is 1.20 bits per heavy atom. The molecule has 0 aliphatic carbocycles. The molecule has 0 N–H and O–H groups in total. The van der Waals surface area contributed by atoms with Gasteiger partial charge >= 0.3 is 0 Å². The lowest BCUT2D eigenvalue weighted by molar-refractivity contribution is -0.129. The van der Waals surface area contributed by atoms with Crippen molar-refractivity contribution in [2.24, 2.45) is 0 Å². The van der Waals surface area contributed by atoms with E-state index in [0.29, 0.717) is 6.42 Å². The molecule has 2 rings (SSSR count). The van der Waals surface area contributed by atoms with Crippen molar-refractivity contribution in [1.29, 1.82) is 0 Å². The SMILES string of the molecule is Cc1ccc2scc(CC(=O)N(C)CCN(C)C)c2c1. The first-order chi connectivity index (χ1) is 9.47. The van der Waals surface area contributed by atoms with Crippen LogP contribution in [0, 0.1) is 6.92 Å². The molecule has 0 atom stereocenters. The number of benzene rings is 1. The van der Waals surface area contributed by atoms with Crippen LogP contribution in [0.5, 0.6) is 0 Å². The molecule has 4 heteroatoms. The van der Waals surface area contributed by atoms with E-state index in [-0.39, 0.29) is 5.91 Å². The van der Waals surface area contributed by atoms with Crippen molar-refractivity contribution >= 4 is 27.3 Å². The first-order valence-corrected chi connectivity index (χ1v) is 7.71. The average Bonchev–Trinajstić information content (AvgIpc) is 2.78. The highest BCUT2D eigenvalue weighted by molar-refractivity contribution is 7.17. The van der Waals surface area contributed by atoms with Gasteiger partial charge < -0.3 is 9.80 Å². The minimum Gasteiger partial charge on any atom is -0.344 e. The monoisotopic (exact) mass is 290 g/mol. The lowest BCUT2D eigenvalue weighted by Gasteiger charge is -2.19. The molecule has 1 amide bonds. The van der Waals surface area contributed by atoms with Crippen LogP contribution in [0.3, 0.4) is 0 Å². The molecule has 0 aliphatic heterocycles. The standard InChI is InChI=1S/C16H22N2OS/c1-12-5-6-15-14(9-12)13(11-20-15)10-16(19)18(4)8-7-17(2)3/h5-6,9,11H,7-8,10H2,1-4H3. The largest absolute Gasteiger partial charge is 0.344 e. The van der Waals surface area contributed by atoms with E-state index in [1.807, 2.05) is 26.0 Å². The third-order valence-electron chi connectivity index (χ3n) is 3.46. The first-order valence-electron chi connectivity index (χ1n) is 6.83. The molecule has 0 radical (unpaired) electrons. The fourth-order valence-corrected chi connectivity index (χ4v) is 3.05. The van der Waals surface area contributed by atoms with Gasteiger partial charge in [-0.2, -0.15) is 0 Å². The van der Waals surface area contributed by atoms with Gasteiger partial charge in [0.2, 0.25) is 5.91 Å². The van der Waals surface area contributed by atoms with Crippen molar-refractivity contribution in [2.45, 2.75) is 13.3 Å². The van der Waals surface area contributed by atoms with Crippen molar-refractivity contribution in [1.82, 2.24) is 9.80 Å². The molecule has 0 fully saturated rings. The van der Waals surface area contributed by atoms with Crippen LogP contribution >= 0.6 is 11.3 Å². The summed E-state index contributed by atoms with van der Waals surface area (Å²) in [6, 6.07) is 6.43. The van der Waals surface area contributed by atoms with Crippen LogP contribution in [0.4, 0.5) is 0 Å². The molecule has 0 spiro atoms. The number of aryl methyl sites for hydroxylation is 1. The van der Waals surface area contributed by atoms with Crippen molar-refractivity contribution in [3.05, 3.63) is 34.7 Å². The van der Waals surface area contributed by atoms with Crippen LogP contribution < -0.4 is 0 Å². The second-order valence-corrected chi connectivity index (χ2v) is 6.47. The summed E-state index contributed by atoms with van der Waals surface area (Å²) in [5.41, 5.74) is 2.39. The molecule has 0 saturated carbocycles. The van der Waals surface area contributed by atoms with Gasteiger partial charge in [-0.25, -0.2) is 0 Å². The second kappa shape index (κ2) is 6.37. The second-order valence-electron chi connectivity index (χ2n) is 5.56. The predicted octanol–water partition coefficient (Wildman–Crippen LogP) is 2.77. The zero-order valence-corrected chi connectivity index (χ0v) is 13.5. The Labute approximate surface area is 124 Å². The van der Waals surface area contributed by atoms with E-state index in [9.17, 15) is 4.79 Å². The molecule has 0 aliphatic rings. The van der Waals surface area contributed by atoms with E-state index in [1.54, 1.807) is 11.3 Å². The van der Waals surface area contributed by atoms with Gasteiger partial charge in [0.15, 0.2) is 0 Å². The van der Waals surface area contributed by atoms with Crippen LogP contribution in [0.25, 0.3) is 10.1 Å². The van der Waals surface area contributed by atoms with Crippen molar-refractivity contribution in [3.63, 3.8) is 0 Å². The fraction of sp³-hybridized carbons (Fsp3) is 0.438. The molecule has 0 saturated heterocycles. The third kappa shape index (κ3) is 3.58. The number of likely N-dealkylation sites (N-methyl/N-ethyl adjacent to an activating group) is 2. The van der Waals surface area contributed by atoms with Gasteiger partial charge in [0.1, 0.15) is 0 Å². The van der Waals surface area contributed by atoms with Gasteiger partial charge in [-0.05, 0) is 43.4 Å². The van der Waals surface area contributed by atoms with Gasteiger partial charge in [-0.15, -0.1) is 11.3 Å². The van der Waals surface area contributed by atoms with Crippen LogP contribution in [-0.4, -0.2) is 49.9 Å². The number of amides is 1. The number of thiophene rings is 1. The summed E-state index contributed by atoms with van der Waals surface area (Å²) >= 11 is 1.72. The van der Waals surface area contributed by atoms with E-state index in [1.165, 1.54) is 15.6 Å². The Bertz CT molecular complexity index is 604. The number of carbonyl (C=O) groups is 1. The molecule has 0 bridgehead atoms. The highest BCUT2D eigenvalue weighted by atomic mass is 32.1. The average molecular weight is 290 g/mol. The molecule has 1 aromatic heterocycles. The minimum atomic E-state index is 0.188. The molecular formula is C16H22N2OS. The number of nitrogens with zero attached hydrogens (tertiary/aromatic N) is 2. The molecule has 108 valence electrons. The quantitative estimate of drug-likeness (QED) is 0.845. The third-order valence-corrected chi connectivity index (χ3v) is 4.47. The molecule has 3 nitrogen and oxygen atoms in total. The minimum absolute atomic E-state index is 0.188. The number of carbonyl (C=O) groups excluding carboxylic acids is 1. The maximum Gasteiger partial charge on any atom is 0.226 e. The van der Waals surface area contributed by atoms with Crippen LogP contribution in [-0.2, 0) is 11.2 Å². The summed E-state index contributed by atoms with van der Waals surface area (Å²) < 4.78 is 1.26. The zero-order valence-electron chi connectivity index (χ0n) is 12.6.